The zero-order valence-electron chi connectivity index (χ0n) is 11.5. The van der Waals surface area contributed by atoms with E-state index in [4.69, 9.17) is 4.74 Å². The van der Waals surface area contributed by atoms with E-state index >= 15 is 0 Å². The lowest BCUT2D eigenvalue weighted by Crippen LogP contribution is -2.21. The number of nitrogens with one attached hydrogen (secondary N) is 1. The average Bonchev–Trinajstić information content (AvgIpc) is 2.46. The second-order valence-electron chi connectivity index (χ2n) is 4.39. The Labute approximate surface area is 126 Å². The van der Waals surface area contributed by atoms with Gasteiger partial charge in [0.1, 0.15) is 0 Å². The fraction of sp³-hybridized carbons (Fsp3) is 0.333. The number of benzene rings is 1. The molecule has 0 saturated carbocycles. The van der Waals surface area contributed by atoms with Crippen LogP contribution in [0.25, 0.3) is 10.9 Å². The molecule has 0 radical (unpaired) electrons. The van der Waals surface area contributed by atoms with Gasteiger partial charge in [0.2, 0.25) is 0 Å². The summed E-state index contributed by atoms with van der Waals surface area (Å²) in [5.41, 5.74) is 1.89. The van der Waals surface area contributed by atoms with Crippen LogP contribution in [0.1, 0.15) is 24.9 Å². The third-order valence-electron chi connectivity index (χ3n) is 3.15. The van der Waals surface area contributed by atoms with Gasteiger partial charge < -0.3 is 10.1 Å². The first kappa shape index (κ1) is 14.9. The maximum atomic E-state index is 11.7. The van der Waals surface area contributed by atoms with Crippen LogP contribution in [0.15, 0.2) is 34.9 Å². The third-order valence-corrected chi connectivity index (χ3v) is 3.84. The van der Waals surface area contributed by atoms with E-state index in [1.807, 2.05) is 38.2 Å². The number of ether oxygens (including phenoxy) is 1. The molecule has 0 aliphatic heterocycles. The summed E-state index contributed by atoms with van der Waals surface area (Å²) in [6.07, 6.45) is 2.05. The predicted octanol–water partition coefficient (Wildman–Crippen LogP) is 3.21. The first-order chi connectivity index (χ1) is 9.67. The molecular formula is C15H17BrN2O2. The summed E-state index contributed by atoms with van der Waals surface area (Å²) in [6.45, 7) is 2.21. The van der Waals surface area contributed by atoms with E-state index in [0.29, 0.717) is 6.61 Å². The van der Waals surface area contributed by atoms with Gasteiger partial charge in [-0.05, 0) is 31.7 Å². The molecular weight excluding hydrogens is 320 g/mol. The van der Waals surface area contributed by atoms with Crippen molar-refractivity contribution < 1.29 is 9.53 Å². The molecule has 20 heavy (non-hydrogen) atoms. The Morgan fingerprint density at radius 2 is 2.25 bits per heavy atom. The largest absolute Gasteiger partial charge is 0.466 e. The monoisotopic (exact) mass is 336 g/mol. The Balaban J connectivity index is 2.40. The fourth-order valence-electron chi connectivity index (χ4n) is 2.20. The van der Waals surface area contributed by atoms with Gasteiger partial charge in [-0.25, -0.2) is 0 Å². The van der Waals surface area contributed by atoms with Crippen molar-refractivity contribution in [3.8, 4) is 0 Å². The van der Waals surface area contributed by atoms with Gasteiger partial charge in [0, 0.05) is 22.1 Å². The van der Waals surface area contributed by atoms with E-state index in [1.54, 1.807) is 6.20 Å². The molecule has 0 fully saturated rings. The van der Waals surface area contributed by atoms with Crippen LogP contribution in [-0.4, -0.2) is 24.6 Å². The second-order valence-corrected chi connectivity index (χ2v) is 5.24. The maximum Gasteiger partial charge on any atom is 0.307 e. The minimum absolute atomic E-state index is 0.112. The maximum absolute atomic E-state index is 11.7. The number of rotatable bonds is 5. The van der Waals surface area contributed by atoms with Gasteiger partial charge in [-0.2, -0.15) is 0 Å². The standard InChI is InChI=1S/C15H17BrN2O2/c1-3-20-14(19)9-13(17-2)11-6-7-12(16)10-5-4-8-18-15(10)11/h4-8,13,17H,3,9H2,1-2H3. The van der Waals surface area contributed by atoms with Gasteiger partial charge in [0.05, 0.1) is 18.5 Å². The quantitative estimate of drug-likeness (QED) is 0.852. The number of hydrogen-bond acceptors (Lipinski definition) is 4. The lowest BCUT2D eigenvalue weighted by atomic mass is 10.0. The van der Waals surface area contributed by atoms with E-state index in [9.17, 15) is 4.79 Å². The summed E-state index contributed by atoms with van der Waals surface area (Å²) in [6, 6.07) is 7.76. The number of halogens is 1. The zero-order chi connectivity index (χ0) is 14.5. The molecule has 0 spiro atoms. The van der Waals surface area contributed by atoms with Crippen LogP contribution >= 0.6 is 15.9 Å². The van der Waals surface area contributed by atoms with Gasteiger partial charge >= 0.3 is 5.97 Å². The number of carbonyl (C=O) groups is 1. The van der Waals surface area contributed by atoms with E-state index in [-0.39, 0.29) is 18.4 Å². The number of aromatic nitrogens is 1. The molecule has 1 atom stereocenters. The molecule has 0 aliphatic carbocycles. The van der Waals surface area contributed by atoms with Crippen molar-refractivity contribution >= 4 is 32.8 Å². The van der Waals surface area contributed by atoms with Crippen LogP contribution < -0.4 is 5.32 Å². The van der Waals surface area contributed by atoms with Gasteiger partial charge in [-0.3, -0.25) is 9.78 Å². The summed E-state index contributed by atoms with van der Waals surface area (Å²) >= 11 is 3.53. The smallest absolute Gasteiger partial charge is 0.307 e. The first-order valence-corrected chi connectivity index (χ1v) is 7.32. The molecule has 1 heterocycles. The molecule has 0 bridgehead atoms. The van der Waals surface area contributed by atoms with Crippen molar-refractivity contribution in [3.05, 3.63) is 40.5 Å². The van der Waals surface area contributed by atoms with Crippen LogP contribution in [-0.2, 0) is 9.53 Å². The van der Waals surface area contributed by atoms with E-state index in [0.717, 1.165) is 20.9 Å². The SMILES string of the molecule is CCOC(=O)CC(NC)c1ccc(Br)c2cccnc12. The molecule has 1 aromatic heterocycles. The van der Waals surface area contributed by atoms with Crippen molar-refractivity contribution in [1.29, 1.82) is 0 Å². The highest BCUT2D eigenvalue weighted by Crippen LogP contribution is 2.30. The molecule has 106 valence electrons. The van der Waals surface area contributed by atoms with E-state index < -0.39 is 0 Å². The molecule has 4 nitrogen and oxygen atoms in total. The molecule has 2 aromatic rings. The highest BCUT2D eigenvalue weighted by Gasteiger charge is 2.18. The predicted molar refractivity (Wildman–Crippen MR) is 82.5 cm³/mol. The highest BCUT2D eigenvalue weighted by atomic mass is 79.9. The van der Waals surface area contributed by atoms with E-state index in [2.05, 4.69) is 26.2 Å². The van der Waals surface area contributed by atoms with Crippen molar-refractivity contribution in [3.63, 3.8) is 0 Å². The highest BCUT2D eigenvalue weighted by molar-refractivity contribution is 9.10. The molecule has 5 heteroatoms. The molecule has 0 aliphatic rings. The minimum Gasteiger partial charge on any atom is -0.466 e. The third kappa shape index (κ3) is 3.16. The minimum atomic E-state index is -0.209. The van der Waals surface area contributed by atoms with Crippen molar-refractivity contribution in [2.45, 2.75) is 19.4 Å². The second kappa shape index (κ2) is 6.81. The number of carbonyl (C=O) groups excluding carboxylic acids is 1. The normalized spacial score (nSPS) is 12.3. The van der Waals surface area contributed by atoms with Gasteiger partial charge in [-0.15, -0.1) is 0 Å². The van der Waals surface area contributed by atoms with Gasteiger partial charge in [0.15, 0.2) is 0 Å². The average molecular weight is 337 g/mol. The van der Waals surface area contributed by atoms with Crippen molar-refractivity contribution in [2.24, 2.45) is 0 Å². The van der Waals surface area contributed by atoms with Crippen LogP contribution in [0.2, 0.25) is 0 Å². The zero-order valence-corrected chi connectivity index (χ0v) is 13.1. The summed E-state index contributed by atoms with van der Waals surface area (Å²) < 4.78 is 6.02. The number of pyridine rings is 1. The lowest BCUT2D eigenvalue weighted by Gasteiger charge is -2.17. The summed E-state index contributed by atoms with van der Waals surface area (Å²) in [5.74, 6) is -0.209. The topological polar surface area (TPSA) is 51.2 Å². The molecule has 1 aromatic carbocycles. The van der Waals surface area contributed by atoms with E-state index in [1.165, 1.54) is 0 Å². The van der Waals surface area contributed by atoms with Crippen LogP contribution in [0.5, 0.6) is 0 Å². The lowest BCUT2D eigenvalue weighted by molar-refractivity contribution is -0.143. The molecule has 0 amide bonds. The van der Waals surface area contributed by atoms with Gasteiger partial charge in [-0.1, -0.05) is 28.1 Å². The van der Waals surface area contributed by atoms with Crippen molar-refractivity contribution in [2.75, 3.05) is 13.7 Å². The number of nitrogens with zero attached hydrogens (tertiary/aromatic N) is 1. The van der Waals surface area contributed by atoms with Crippen LogP contribution in [0.4, 0.5) is 0 Å². The first-order valence-electron chi connectivity index (χ1n) is 6.53. The van der Waals surface area contributed by atoms with Crippen LogP contribution in [0, 0.1) is 0 Å². The van der Waals surface area contributed by atoms with Crippen LogP contribution in [0.3, 0.4) is 0 Å². The number of hydrogen-bond donors (Lipinski definition) is 1. The van der Waals surface area contributed by atoms with Crippen molar-refractivity contribution in [1.82, 2.24) is 10.3 Å². The molecule has 1 N–H and O–H groups in total. The Bertz CT molecular complexity index is 616. The Kier molecular flexibility index (Phi) is 5.09. The Morgan fingerprint density at radius 3 is 2.95 bits per heavy atom. The molecule has 1 unspecified atom stereocenters. The Hall–Kier alpha value is -1.46. The summed E-state index contributed by atoms with van der Waals surface area (Å²) in [7, 11) is 1.83. The number of esters is 1. The number of fused-ring (bicyclic) bond motifs is 1. The Morgan fingerprint density at radius 1 is 1.45 bits per heavy atom. The molecule has 0 saturated heterocycles. The summed E-state index contributed by atoms with van der Waals surface area (Å²) in [5, 5.41) is 4.20. The molecule has 2 rings (SSSR count). The summed E-state index contributed by atoms with van der Waals surface area (Å²) in [4.78, 5) is 16.1. The fourth-order valence-corrected chi connectivity index (χ4v) is 2.65. The van der Waals surface area contributed by atoms with Gasteiger partial charge in [0.25, 0.3) is 0 Å².